The van der Waals surface area contributed by atoms with Crippen molar-refractivity contribution in [2.24, 2.45) is 27.2 Å². The van der Waals surface area contributed by atoms with E-state index >= 15 is 0 Å². The van der Waals surface area contributed by atoms with Gasteiger partial charge >= 0.3 is 6.18 Å². The van der Waals surface area contributed by atoms with Gasteiger partial charge < -0.3 is 17.2 Å². The molecule has 0 fully saturated rings. The van der Waals surface area contributed by atoms with Crippen molar-refractivity contribution < 1.29 is 13.2 Å². The zero-order chi connectivity index (χ0) is 14.8. The van der Waals surface area contributed by atoms with E-state index in [1.54, 1.807) is 0 Å². The van der Waals surface area contributed by atoms with Crippen molar-refractivity contribution in [2.45, 2.75) is 6.18 Å². The molecule has 0 amide bonds. The fourth-order valence-corrected chi connectivity index (χ4v) is 2.07. The van der Waals surface area contributed by atoms with Crippen molar-refractivity contribution in [1.29, 1.82) is 0 Å². The number of hydrogen-bond donors (Lipinski definition) is 3. The van der Waals surface area contributed by atoms with Crippen LogP contribution in [0.25, 0.3) is 0 Å². The molecule has 0 unspecified atom stereocenters. The molecule has 0 bridgehead atoms. The first kappa shape index (κ1) is 15.6. The number of nitrogens with two attached hydrogens (primary N) is 3. The maximum absolute atomic E-state index is 12.8. The quantitative estimate of drug-likeness (QED) is 0.530. The Bertz CT molecular complexity index is 552. The number of nitrogens with zero attached hydrogens (tertiary/aromatic N) is 2. The van der Waals surface area contributed by atoms with Crippen molar-refractivity contribution in [3.05, 3.63) is 27.2 Å². The van der Waals surface area contributed by atoms with Crippen LogP contribution in [-0.4, -0.2) is 11.9 Å². The molecule has 0 aliphatic rings. The lowest BCUT2D eigenvalue weighted by molar-refractivity contribution is -0.137. The van der Waals surface area contributed by atoms with E-state index in [1.807, 2.05) is 0 Å². The zero-order valence-corrected chi connectivity index (χ0v) is 11.5. The maximum Gasteiger partial charge on any atom is 0.418 e. The number of halogens is 5. The van der Waals surface area contributed by atoms with Crippen molar-refractivity contribution in [3.8, 4) is 0 Å². The summed E-state index contributed by atoms with van der Waals surface area (Å²) in [6, 6.07) is 1.98. The highest BCUT2D eigenvalue weighted by atomic mass is 79.9. The van der Waals surface area contributed by atoms with Gasteiger partial charge in [-0.2, -0.15) is 18.2 Å². The summed E-state index contributed by atoms with van der Waals surface area (Å²) in [5, 5.41) is -0.0986. The fourth-order valence-electron chi connectivity index (χ4n) is 1.17. The van der Waals surface area contributed by atoms with Crippen LogP contribution in [0.3, 0.4) is 0 Å². The third-order valence-corrected chi connectivity index (χ3v) is 2.63. The molecule has 0 spiro atoms. The SMILES string of the molecule is NC(N)=NC(N)=Nc1c(Br)cc(Cl)cc1C(F)(F)F. The van der Waals surface area contributed by atoms with E-state index in [4.69, 9.17) is 28.8 Å². The summed E-state index contributed by atoms with van der Waals surface area (Å²) in [6.45, 7) is 0. The second-order valence-electron chi connectivity index (χ2n) is 3.29. The third-order valence-electron chi connectivity index (χ3n) is 1.80. The monoisotopic (exact) mass is 357 g/mol. The maximum atomic E-state index is 12.8. The van der Waals surface area contributed by atoms with Gasteiger partial charge in [0.05, 0.1) is 11.3 Å². The molecule has 0 heterocycles. The molecular weight excluding hydrogens is 350 g/mol. The molecule has 0 aliphatic heterocycles. The second kappa shape index (κ2) is 5.66. The topological polar surface area (TPSA) is 103 Å². The van der Waals surface area contributed by atoms with Gasteiger partial charge in [-0.1, -0.05) is 11.6 Å². The summed E-state index contributed by atoms with van der Waals surface area (Å²) in [5.74, 6) is -0.923. The molecule has 19 heavy (non-hydrogen) atoms. The Morgan fingerprint density at radius 1 is 1.21 bits per heavy atom. The lowest BCUT2D eigenvalue weighted by Gasteiger charge is -2.12. The Morgan fingerprint density at radius 3 is 2.26 bits per heavy atom. The smallest absolute Gasteiger partial charge is 0.370 e. The van der Waals surface area contributed by atoms with Gasteiger partial charge in [-0.05, 0) is 28.1 Å². The minimum Gasteiger partial charge on any atom is -0.370 e. The van der Waals surface area contributed by atoms with Crippen molar-refractivity contribution in [1.82, 2.24) is 0 Å². The summed E-state index contributed by atoms with van der Waals surface area (Å²) in [5.41, 5.74) is 13.9. The lowest BCUT2D eigenvalue weighted by Crippen LogP contribution is -2.26. The second-order valence-corrected chi connectivity index (χ2v) is 4.58. The fraction of sp³-hybridized carbons (Fsp3) is 0.111. The van der Waals surface area contributed by atoms with Crippen LogP contribution in [0.2, 0.25) is 5.02 Å². The molecule has 10 heteroatoms. The predicted molar refractivity (Wildman–Crippen MR) is 71.2 cm³/mol. The van der Waals surface area contributed by atoms with Crippen molar-refractivity contribution in [2.75, 3.05) is 0 Å². The van der Waals surface area contributed by atoms with Gasteiger partial charge in [-0.25, -0.2) is 4.99 Å². The van der Waals surface area contributed by atoms with E-state index in [1.165, 1.54) is 6.07 Å². The molecule has 6 N–H and O–H groups in total. The largest absolute Gasteiger partial charge is 0.418 e. The number of aliphatic imine (C=N–C) groups is 2. The van der Waals surface area contributed by atoms with Crippen LogP contribution < -0.4 is 17.2 Å². The van der Waals surface area contributed by atoms with E-state index in [9.17, 15) is 13.2 Å². The first-order valence-electron chi connectivity index (χ1n) is 4.61. The van der Waals surface area contributed by atoms with Gasteiger partial charge in [0.2, 0.25) is 5.96 Å². The Morgan fingerprint density at radius 2 is 1.79 bits per heavy atom. The molecule has 5 nitrogen and oxygen atoms in total. The Labute approximate surface area is 119 Å². The number of benzene rings is 1. The normalized spacial score (nSPS) is 12.4. The van der Waals surface area contributed by atoms with Gasteiger partial charge in [-0.3, -0.25) is 0 Å². The van der Waals surface area contributed by atoms with E-state index < -0.39 is 29.3 Å². The van der Waals surface area contributed by atoms with Crippen LogP contribution >= 0.6 is 27.5 Å². The standard InChI is InChI=1S/C9H8BrClF3N5/c10-5-2-3(11)1-4(9(12,13)14)6(5)18-8(17)19-7(15)16/h1-2H,(H6,15,16,17,18,19). The van der Waals surface area contributed by atoms with E-state index in [-0.39, 0.29) is 9.50 Å². The molecule has 0 atom stereocenters. The molecule has 104 valence electrons. The Kier molecular flexibility index (Phi) is 4.64. The van der Waals surface area contributed by atoms with Crippen molar-refractivity contribution in [3.63, 3.8) is 0 Å². The number of guanidine groups is 2. The van der Waals surface area contributed by atoms with Crippen LogP contribution in [0, 0.1) is 0 Å². The van der Waals surface area contributed by atoms with E-state index in [0.717, 1.165) is 6.07 Å². The van der Waals surface area contributed by atoms with Crippen molar-refractivity contribution >= 4 is 45.1 Å². The Hall–Kier alpha value is -1.48. The molecule has 0 aromatic heterocycles. The first-order chi connectivity index (χ1) is 8.61. The predicted octanol–water partition coefficient (Wildman–Crippen LogP) is 2.34. The minimum atomic E-state index is -4.65. The zero-order valence-electron chi connectivity index (χ0n) is 9.17. The Balaban J connectivity index is 3.47. The van der Waals surface area contributed by atoms with Gasteiger partial charge in [-0.15, -0.1) is 0 Å². The van der Waals surface area contributed by atoms with Gasteiger partial charge in [0.25, 0.3) is 0 Å². The van der Waals surface area contributed by atoms with Gasteiger partial charge in [0.15, 0.2) is 5.96 Å². The highest BCUT2D eigenvalue weighted by molar-refractivity contribution is 9.10. The van der Waals surface area contributed by atoms with Crippen LogP contribution in [0.15, 0.2) is 26.6 Å². The minimum absolute atomic E-state index is 0.0149. The summed E-state index contributed by atoms with van der Waals surface area (Å²) >= 11 is 8.50. The average molecular weight is 359 g/mol. The highest BCUT2D eigenvalue weighted by Gasteiger charge is 2.35. The molecule has 0 aliphatic carbocycles. The average Bonchev–Trinajstić information content (AvgIpc) is 2.18. The van der Waals surface area contributed by atoms with Crippen LogP contribution in [0.1, 0.15) is 5.56 Å². The highest BCUT2D eigenvalue weighted by Crippen LogP contribution is 2.42. The molecule has 0 radical (unpaired) electrons. The third kappa shape index (κ3) is 4.28. The molecule has 1 rings (SSSR count). The van der Waals surface area contributed by atoms with E-state index in [0.29, 0.717) is 0 Å². The summed E-state index contributed by atoms with van der Waals surface area (Å²) in [7, 11) is 0. The number of hydrogen-bond acceptors (Lipinski definition) is 1. The summed E-state index contributed by atoms with van der Waals surface area (Å²) in [4.78, 5) is 6.87. The van der Waals surface area contributed by atoms with Crippen LogP contribution in [0.4, 0.5) is 18.9 Å². The van der Waals surface area contributed by atoms with Gasteiger partial charge in [0, 0.05) is 9.50 Å². The van der Waals surface area contributed by atoms with Crippen LogP contribution in [0.5, 0.6) is 0 Å². The molecule has 0 saturated heterocycles. The van der Waals surface area contributed by atoms with E-state index in [2.05, 4.69) is 25.9 Å². The summed E-state index contributed by atoms with van der Waals surface area (Å²) < 4.78 is 38.6. The van der Waals surface area contributed by atoms with Gasteiger partial charge in [0.1, 0.15) is 0 Å². The molecule has 0 saturated carbocycles. The summed E-state index contributed by atoms with van der Waals surface area (Å²) in [6.07, 6.45) is -4.65. The molecule has 1 aromatic carbocycles. The number of rotatable bonds is 1. The molecular formula is C9H8BrClF3N5. The lowest BCUT2D eigenvalue weighted by atomic mass is 10.2. The molecule has 1 aromatic rings. The number of alkyl halides is 3. The first-order valence-corrected chi connectivity index (χ1v) is 5.78. The van der Waals surface area contributed by atoms with Crippen LogP contribution in [-0.2, 0) is 6.18 Å².